The van der Waals surface area contributed by atoms with Crippen LogP contribution in [0.3, 0.4) is 0 Å². The van der Waals surface area contributed by atoms with Gasteiger partial charge in [-0.15, -0.1) is 0 Å². The zero-order valence-electron chi connectivity index (χ0n) is 13.0. The van der Waals surface area contributed by atoms with Crippen molar-refractivity contribution in [3.63, 3.8) is 0 Å². The Morgan fingerprint density at radius 3 is 2.50 bits per heavy atom. The first kappa shape index (κ1) is 16.4. The van der Waals surface area contributed by atoms with Gasteiger partial charge in [0.15, 0.2) is 6.61 Å². The van der Waals surface area contributed by atoms with Gasteiger partial charge in [0.25, 0.3) is 5.91 Å². The third-order valence-electron chi connectivity index (χ3n) is 3.26. The molecule has 0 saturated heterocycles. The average molecular weight is 318 g/mol. The van der Waals surface area contributed by atoms with Crippen LogP contribution in [0.1, 0.15) is 19.4 Å². The first-order valence-corrected chi connectivity index (χ1v) is 7.63. The van der Waals surface area contributed by atoms with E-state index >= 15 is 0 Å². The van der Waals surface area contributed by atoms with E-state index in [1.807, 2.05) is 63.2 Å². The highest BCUT2D eigenvalue weighted by atomic mass is 35.5. The van der Waals surface area contributed by atoms with Gasteiger partial charge in [-0.3, -0.25) is 4.79 Å². The minimum absolute atomic E-state index is 0.0454. The first-order valence-electron chi connectivity index (χ1n) is 7.25. The van der Waals surface area contributed by atoms with Gasteiger partial charge in [-0.25, -0.2) is 0 Å². The molecule has 0 radical (unpaired) electrons. The lowest BCUT2D eigenvalue weighted by Gasteiger charge is -2.27. The molecular weight excluding hydrogens is 298 g/mol. The lowest BCUT2D eigenvalue weighted by Crippen LogP contribution is -2.40. The van der Waals surface area contributed by atoms with Gasteiger partial charge < -0.3 is 9.64 Å². The van der Waals surface area contributed by atoms with Crippen LogP contribution in [-0.2, 0) is 4.79 Å². The Kier molecular flexibility index (Phi) is 5.45. The number of halogens is 1. The number of para-hydroxylation sites is 1. The van der Waals surface area contributed by atoms with E-state index in [-0.39, 0.29) is 18.6 Å². The number of anilines is 1. The molecule has 0 unspecified atom stereocenters. The van der Waals surface area contributed by atoms with Crippen LogP contribution >= 0.6 is 11.6 Å². The molecular formula is C18H20ClNO2. The minimum Gasteiger partial charge on any atom is -0.482 e. The summed E-state index contributed by atoms with van der Waals surface area (Å²) in [4.78, 5) is 14.2. The molecule has 0 spiro atoms. The van der Waals surface area contributed by atoms with Gasteiger partial charge in [0, 0.05) is 11.7 Å². The number of hydrogen-bond donors (Lipinski definition) is 0. The van der Waals surface area contributed by atoms with Crippen molar-refractivity contribution >= 4 is 23.2 Å². The summed E-state index contributed by atoms with van der Waals surface area (Å²) in [5.74, 6) is 0.436. The smallest absolute Gasteiger partial charge is 0.265 e. The standard InChI is InChI=1S/C18H20ClNO2/c1-13(2)20(15-7-5-4-6-8-15)18(21)12-22-17-11-14(3)9-10-16(17)19/h4-11,13H,12H2,1-3H3. The summed E-state index contributed by atoms with van der Waals surface area (Å²) in [5.41, 5.74) is 1.90. The van der Waals surface area contributed by atoms with Gasteiger partial charge in [-0.05, 0) is 50.6 Å². The summed E-state index contributed by atoms with van der Waals surface area (Å²) in [7, 11) is 0. The molecule has 4 heteroatoms. The van der Waals surface area contributed by atoms with Gasteiger partial charge in [0.1, 0.15) is 5.75 Å². The number of rotatable bonds is 5. The number of carbonyl (C=O) groups is 1. The van der Waals surface area contributed by atoms with Crippen LogP contribution < -0.4 is 9.64 Å². The summed E-state index contributed by atoms with van der Waals surface area (Å²) < 4.78 is 5.61. The van der Waals surface area contributed by atoms with Crippen molar-refractivity contribution < 1.29 is 9.53 Å². The second-order valence-electron chi connectivity index (χ2n) is 5.42. The highest BCUT2D eigenvalue weighted by Gasteiger charge is 2.19. The van der Waals surface area contributed by atoms with Crippen molar-refractivity contribution in [2.75, 3.05) is 11.5 Å². The molecule has 0 heterocycles. The second kappa shape index (κ2) is 7.32. The molecule has 0 atom stereocenters. The number of aryl methyl sites for hydroxylation is 1. The normalized spacial score (nSPS) is 10.6. The van der Waals surface area contributed by atoms with E-state index in [1.165, 1.54) is 0 Å². The maximum atomic E-state index is 12.5. The van der Waals surface area contributed by atoms with E-state index in [0.29, 0.717) is 10.8 Å². The molecule has 2 rings (SSSR count). The van der Waals surface area contributed by atoms with E-state index in [1.54, 1.807) is 11.0 Å². The molecule has 0 aromatic heterocycles. The van der Waals surface area contributed by atoms with E-state index in [0.717, 1.165) is 11.3 Å². The Bertz CT molecular complexity index is 641. The molecule has 2 aromatic rings. The molecule has 22 heavy (non-hydrogen) atoms. The third-order valence-corrected chi connectivity index (χ3v) is 3.57. The summed E-state index contributed by atoms with van der Waals surface area (Å²) >= 11 is 6.09. The molecule has 1 amide bonds. The monoisotopic (exact) mass is 317 g/mol. The number of hydrogen-bond acceptors (Lipinski definition) is 2. The van der Waals surface area contributed by atoms with E-state index in [2.05, 4.69) is 0 Å². The highest BCUT2D eigenvalue weighted by molar-refractivity contribution is 6.32. The fourth-order valence-electron chi connectivity index (χ4n) is 2.25. The highest BCUT2D eigenvalue weighted by Crippen LogP contribution is 2.25. The first-order chi connectivity index (χ1) is 10.5. The van der Waals surface area contributed by atoms with Crippen molar-refractivity contribution in [2.45, 2.75) is 26.8 Å². The van der Waals surface area contributed by atoms with Crippen molar-refractivity contribution in [1.29, 1.82) is 0 Å². The number of nitrogens with zero attached hydrogens (tertiary/aromatic N) is 1. The van der Waals surface area contributed by atoms with Crippen LogP contribution in [0.4, 0.5) is 5.69 Å². The van der Waals surface area contributed by atoms with Gasteiger partial charge in [-0.2, -0.15) is 0 Å². The summed E-state index contributed by atoms with van der Waals surface area (Å²) in [6.07, 6.45) is 0. The van der Waals surface area contributed by atoms with Crippen molar-refractivity contribution in [3.05, 3.63) is 59.1 Å². The fourth-order valence-corrected chi connectivity index (χ4v) is 2.42. The molecule has 0 aliphatic rings. The lowest BCUT2D eigenvalue weighted by atomic mass is 10.2. The molecule has 0 bridgehead atoms. The Hall–Kier alpha value is -2.00. The zero-order valence-corrected chi connectivity index (χ0v) is 13.8. The van der Waals surface area contributed by atoms with Crippen molar-refractivity contribution in [2.24, 2.45) is 0 Å². The predicted molar refractivity (Wildman–Crippen MR) is 90.7 cm³/mol. The predicted octanol–water partition coefficient (Wildman–Crippen LogP) is 4.47. The molecule has 2 aromatic carbocycles. The maximum absolute atomic E-state index is 12.5. The Morgan fingerprint density at radius 2 is 1.86 bits per heavy atom. The van der Waals surface area contributed by atoms with Crippen LogP contribution in [0.15, 0.2) is 48.5 Å². The van der Waals surface area contributed by atoms with Gasteiger partial charge >= 0.3 is 0 Å². The quantitative estimate of drug-likeness (QED) is 0.814. The fraction of sp³-hybridized carbons (Fsp3) is 0.278. The number of benzene rings is 2. The van der Waals surface area contributed by atoms with Crippen LogP contribution in [0.5, 0.6) is 5.75 Å². The Balaban J connectivity index is 2.11. The van der Waals surface area contributed by atoms with Crippen LogP contribution in [0.2, 0.25) is 5.02 Å². The second-order valence-corrected chi connectivity index (χ2v) is 5.82. The van der Waals surface area contributed by atoms with Crippen LogP contribution in [-0.4, -0.2) is 18.6 Å². The molecule has 0 aliphatic carbocycles. The SMILES string of the molecule is Cc1ccc(Cl)c(OCC(=O)N(c2ccccc2)C(C)C)c1. The molecule has 0 aliphatic heterocycles. The van der Waals surface area contributed by atoms with Crippen LogP contribution in [0, 0.1) is 6.92 Å². The maximum Gasteiger partial charge on any atom is 0.265 e. The van der Waals surface area contributed by atoms with Gasteiger partial charge in [0.2, 0.25) is 0 Å². The van der Waals surface area contributed by atoms with Crippen LogP contribution in [0.25, 0.3) is 0 Å². The number of ether oxygens (including phenoxy) is 1. The largest absolute Gasteiger partial charge is 0.482 e. The lowest BCUT2D eigenvalue weighted by molar-refractivity contribution is -0.120. The molecule has 3 nitrogen and oxygen atoms in total. The van der Waals surface area contributed by atoms with Gasteiger partial charge in [-0.1, -0.05) is 35.9 Å². The molecule has 0 fully saturated rings. The minimum atomic E-state index is -0.0984. The third kappa shape index (κ3) is 4.01. The molecule has 116 valence electrons. The average Bonchev–Trinajstić information content (AvgIpc) is 2.49. The topological polar surface area (TPSA) is 29.5 Å². The Labute approximate surface area is 136 Å². The zero-order chi connectivity index (χ0) is 16.1. The summed E-state index contributed by atoms with van der Waals surface area (Å²) in [6.45, 7) is 5.86. The molecule has 0 N–H and O–H groups in total. The Morgan fingerprint density at radius 1 is 1.18 bits per heavy atom. The van der Waals surface area contributed by atoms with E-state index in [4.69, 9.17) is 16.3 Å². The van der Waals surface area contributed by atoms with E-state index < -0.39 is 0 Å². The van der Waals surface area contributed by atoms with Gasteiger partial charge in [0.05, 0.1) is 5.02 Å². The number of amides is 1. The number of carbonyl (C=O) groups excluding carboxylic acids is 1. The van der Waals surface area contributed by atoms with Crippen molar-refractivity contribution in [3.8, 4) is 5.75 Å². The summed E-state index contributed by atoms with van der Waals surface area (Å²) in [6, 6.07) is 15.1. The summed E-state index contributed by atoms with van der Waals surface area (Å²) in [5, 5.41) is 0.509. The molecule has 0 saturated carbocycles. The van der Waals surface area contributed by atoms with E-state index in [9.17, 15) is 4.79 Å². The van der Waals surface area contributed by atoms with Crippen molar-refractivity contribution in [1.82, 2.24) is 0 Å².